The fourth-order valence-corrected chi connectivity index (χ4v) is 2.84. The number of rotatable bonds is 2. The minimum Gasteiger partial charge on any atom is -0.391 e. The van der Waals surface area contributed by atoms with Gasteiger partial charge in [0.15, 0.2) is 0 Å². The van der Waals surface area contributed by atoms with Crippen molar-refractivity contribution in [2.45, 2.75) is 50.3 Å². The molecule has 0 bridgehead atoms. The lowest BCUT2D eigenvalue weighted by Crippen LogP contribution is -2.50. The molecule has 1 N–H and O–H groups in total. The van der Waals surface area contributed by atoms with Crippen molar-refractivity contribution in [3.8, 4) is 0 Å². The smallest absolute Gasteiger partial charge is 0.0699 e. The lowest BCUT2D eigenvalue weighted by atomic mass is 9.92. The molecule has 0 spiro atoms. The second kappa shape index (κ2) is 3.81. The Bertz CT molecular complexity index is 193. The van der Waals surface area contributed by atoms with Gasteiger partial charge in [0.05, 0.1) is 6.10 Å². The van der Waals surface area contributed by atoms with Crippen molar-refractivity contribution < 1.29 is 5.11 Å². The van der Waals surface area contributed by atoms with Gasteiger partial charge in [0.25, 0.3) is 0 Å². The Hall–Kier alpha value is -0.340. The topological polar surface area (TPSA) is 23.5 Å². The summed E-state index contributed by atoms with van der Waals surface area (Å²) >= 11 is 0. The Morgan fingerprint density at radius 1 is 1.38 bits per heavy atom. The summed E-state index contributed by atoms with van der Waals surface area (Å²) in [5.74, 6) is 0. The molecule has 0 unspecified atom stereocenters. The number of hydrogen-bond donors (Lipinski definition) is 1. The summed E-state index contributed by atoms with van der Waals surface area (Å²) in [5, 5.41) is 9.86. The van der Waals surface area contributed by atoms with E-state index in [1.807, 2.05) is 6.08 Å². The van der Waals surface area contributed by atoms with Crippen LogP contribution in [0, 0.1) is 0 Å². The molecule has 0 aromatic rings. The second-order valence-electron chi connectivity index (χ2n) is 4.27. The minimum atomic E-state index is -0.118. The fraction of sp³-hybridized carbons (Fsp3) is 0.818. The van der Waals surface area contributed by atoms with Gasteiger partial charge in [-0.2, -0.15) is 0 Å². The Morgan fingerprint density at radius 3 is 3.00 bits per heavy atom. The molecule has 2 aliphatic heterocycles. The summed E-state index contributed by atoms with van der Waals surface area (Å²) in [6.45, 7) is 4.95. The van der Waals surface area contributed by atoms with Crippen molar-refractivity contribution in [3.05, 3.63) is 12.7 Å². The van der Waals surface area contributed by atoms with Crippen LogP contribution in [-0.2, 0) is 0 Å². The molecule has 0 aliphatic carbocycles. The Labute approximate surface area is 80.2 Å². The van der Waals surface area contributed by atoms with Crippen LogP contribution in [0.5, 0.6) is 0 Å². The molecule has 74 valence electrons. The highest BCUT2D eigenvalue weighted by Crippen LogP contribution is 2.32. The summed E-state index contributed by atoms with van der Waals surface area (Å²) in [6.07, 6.45) is 7.58. The third-order valence-electron chi connectivity index (χ3n) is 3.50. The highest BCUT2D eigenvalue weighted by molar-refractivity contribution is 4.96. The summed E-state index contributed by atoms with van der Waals surface area (Å²) in [5.41, 5.74) is 0. The SMILES string of the molecule is C=CC[C@@H]1[C@H](O)CC[C@@H]2CCCN21. The number of fused-ring (bicyclic) bond motifs is 1. The lowest BCUT2D eigenvalue weighted by molar-refractivity contribution is -0.00123. The van der Waals surface area contributed by atoms with E-state index in [9.17, 15) is 5.11 Å². The quantitative estimate of drug-likeness (QED) is 0.653. The van der Waals surface area contributed by atoms with E-state index in [2.05, 4.69) is 11.5 Å². The maximum atomic E-state index is 9.86. The molecular formula is C11H19NO. The Morgan fingerprint density at radius 2 is 2.23 bits per heavy atom. The van der Waals surface area contributed by atoms with Crippen LogP contribution in [0.25, 0.3) is 0 Å². The number of aliphatic hydroxyl groups is 1. The highest BCUT2D eigenvalue weighted by atomic mass is 16.3. The molecule has 2 fully saturated rings. The van der Waals surface area contributed by atoms with E-state index in [1.165, 1.54) is 25.8 Å². The van der Waals surface area contributed by atoms with Crippen LogP contribution < -0.4 is 0 Å². The largest absolute Gasteiger partial charge is 0.391 e. The predicted molar refractivity (Wildman–Crippen MR) is 53.6 cm³/mol. The fourth-order valence-electron chi connectivity index (χ4n) is 2.84. The Kier molecular flexibility index (Phi) is 2.70. The van der Waals surface area contributed by atoms with Crippen molar-refractivity contribution in [2.24, 2.45) is 0 Å². The zero-order valence-corrected chi connectivity index (χ0v) is 8.15. The summed E-state index contributed by atoms with van der Waals surface area (Å²) in [6, 6.07) is 1.12. The molecular weight excluding hydrogens is 162 g/mol. The number of nitrogens with zero attached hydrogens (tertiary/aromatic N) is 1. The molecule has 2 heterocycles. The number of piperidine rings is 1. The summed E-state index contributed by atoms with van der Waals surface area (Å²) in [4.78, 5) is 2.50. The van der Waals surface area contributed by atoms with Crippen LogP contribution in [0.4, 0.5) is 0 Å². The first-order valence-electron chi connectivity index (χ1n) is 5.37. The summed E-state index contributed by atoms with van der Waals surface area (Å²) < 4.78 is 0. The maximum absolute atomic E-state index is 9.86. The molecule has 0 saturated carbocycles. The van der Waals surface area contributed by atoms with Crippen LogP contribution in [0.2, 0.25) is 0 Å². The molecule has 0 amide bonds. The third-order valence-corrected chi connectivity index (χ3v) is 3.50. The summed E-state index contributed by atoms with van der Waals surface area (Å²) in [7, 11) is 0. The van der Waals surface area contributed by atoms with Crippen molar-refractivity contribution in [1.82, 2.24) is 4.90 Å². The van der Waals surface area contributed by atoms with Gasteiger partial charge in [0.1, 0.15) is 0 Å². The molecule has 2 aliphatic rings. The minimum absolute atomic E-state index is 0.118. The van der Waals surface area contributed by atoms with Gasteiger partial charge in [-0.1, -0.05) is 6.08 Å². The van der Waals surface area contributed by atoms with Crippen molar-refractivity contribution in [2.75, 3.05) is 6.54 Å². The zero-order chi connectivity index (χ0) is 9.26. The predicted octanol–water partition coefficient (Wildman–Crippen LogP) is 1.55. The molecule has 2 nitrogen and oxygen atoms in total. The zero-order valence-electron chi connectivity index (χ0n) is 8.15. The van der Waals surface area contributed by atoms with Crippen LogP contribution >= 0.6 is 0 Å². The molecule has 2 saturated heterocycles. The van der Waals surface area contributed by atoms with Crippen LogP contribution in [0.15, 0.2) is 12.7 Å². The lowest BCUT2D eigenvalue weighted by Gasteiger charge is -2.40. The Balaban J connectivity index is 2.05. The van der Waals surface area contributed by atoms with E-state index < -0.39 is 0 Å². The van der Waals surface area contributed by atoms with E-state index >= 15 is 0 Å². The van der Waals surface area contributed by atoms with E-state index in [4.69, 9.17) is 0 Å². The monoisotopic (exact) mass is 181 g/mol. The van der Waals surface area contributed by atoms with Gasteiger partial charge in [0.2, 0.25) is 0 Å². The van der Waals surface area contributed by atoms with Crippen LogP contribution in [-0.4, -0.2) is 34.7 Å². The van der Waals surface area contributed by atoms with Crippen LogP contribution in [0.1, 0.15) is 32.1 Å². The van der Waals surface area contributed by atoms with Crippen molar-refractivity contribution in [1.29, 1.82) is 0 Å². The second-order valence-corrected chi connectivity index (χ2v) is 4.27. The molecule has 0 radical (unpaired) electrons. The average molecular weight is 181 g/mol. The normalized spacial score (nSPS) is 40.2. The van der Waals surface area contributed by atoms with Crippen molar-refractivity contribution in [3.63, 3.8) is 0 Å². The first-order chi connectivity index (χ1) is 6.33. The van der Waals surface area contributed by atoms with Gasteiger partial charge in [-0.25, -0.2) is 0 Å². The molecule has 0 aromatic carbocycles. The maximum Gasteiger partial charge on any atom is 0.0699 e. The van der Waals surface area contributed by atoms with Gasteiger partial charge in [-0.05, 0) is 38.6 Å². The van der Waals surface area contributed by atoms with E-state index in [0.29, 0.717) is 6.04 Å². The van der Waals surface area contributed by atoms with Crippen LogP contribution in [0.3, 0.4) is 0 Å². The third kappa shape index (κ3) is 1.65. The van der Waals surface area contributed by atoms with E-state index in [0.717, 1.165) is 18.9 Å². The average Bonchev–Trinajstić information content (AvgIpc) is 2.58. The molecule has 13 heavy (non-hydrogen) atoms. The van der Waals surface area contributed by atoms with Gasteiger partial charge >= 0.3 is 0 Å². The van der Waals surface area contributed by atoms with Gasteiger partial charge in [-0.15, -0.1) is 6.58 Å². The number of hydrogen-bond acceptors (Lipinski definition) is 2. The number of aliphatic hydroxyl groups excluding tert-OH is 1. The van der Waals surface area contributed by atoms with E-state index in [1.54, 1.807) is 0 Å². The highest BCUT2D eigenvalue weighted by Gasteiger charge is 2.37. The van der Waals surface area contributed by atoms with Crippen molar-refractivity contribution >= 4 is 0 Å². The first-order valence-corrected chi connectivity index (χ1v) is 5.37. The molecule has 2 heteroatoms. The first kappa shape index (κ1) is 9.22. The molecule has 3 atom stereocenters. The standard InChI is InChI=1S/C11H19NO/c1-2-4-10-11(13)7-6-9-5-3-8-12(9)10/h2,9-11,13H,1,3-8H2/t9-,10+,11+/m0/s1. The molecule has 2 rings (SSSR count). The van der Waals surface area contributed by atoms with Gasteiger partial charge < -0.3 is 5.11 Å². The van der Waals surface area contributed by atoms with Gasteiger partial charge in [-0.3, -0.25) is 4.90 Å². The molecule has 0 aromatic heterocycles. The van der Waals surface area contributed by atoms with E-state index in [-0.39, 0.29) is 6.10 Å². The van der Waals surface area contributed by atoms with Gasteiger partial charge in [0, 0.05) is 12.1 Å².